The molecular weight excluding hydrogens is 336 g/mol. The predicted octanol–water partition coefficient (Wildman–Crippen LogP) is 4.99. The van der Waals surface area contributed by atoms with Crippen LogP contribution in [0.5, 0.6) is 0 Å². The number of halogens is 1. The first-order valence-electron chi connectivity index (χ1n) is 7.32. The van der Waals surface area contributed by atoms with Gasteiger partial charge in [-0.1, -0.05) is 40.2 Å². The first-order valence-corrected chi connectivity index (χ1v) is 8.11. The molecule has 2 aromatic carbocycles. The van der Waals surface area contributed by atoms with Crippen LogP contribution in [0.15, 0.2) is 53.0 Å². The highest BCUT2D eigenvalue weighted by atomic mass is 79.9. The van der Waals surface area contributed by atoms with E-state index in [1.807, 2.05) is 0 Å². The fourth-order valence-corrected chi connectivity index (χ4v) is 2.87. The fourth-order valence-electron chi connectivity index (χ4n) is 2.42. The molecule has 0 radical (unpaired) electrons. The van der Waals surface area contributed by atoms with Crippen molar-refractivity contribution in [2.24, 2.45) is 0 Å². The molecule has 2 rings (SSSR count). The van der Waals surface area contributed by atoms with Gasteiger partial charge in [0.15, 0.2) is 0 Å². The SMILES string of the molecule is CC(Br)=C(c1ccc(N(C)C)cc1)c1ccc(N(C)C)cc1. The second-order valence-corrected chi connectivity index (χ2v) is 6.98. The van der Waals surface area contributed by atoms with Crippen LogP contribution in [-0.4, -0.2) is 28.2 Å². The molecular formula is C19H23BrN2. The molecule has 22 heavy (non-hydrogen) atoms. The van der Waals surface area contributed by atoms with Gasteiger partial charge in [-0.05, 0) is 47.9 Å². The van der Waals surface area contributed by atoms with Crippen molar-refractivity contribution < 1.29 is 0 Å². The summed E-state index contributed by atoms with van der Waals surface area (Å²) in [5, 5.41) is 0. The Balaban J connectivity index is 2.41. The van der Waals surface area contributed by atoms with Gasteiger partial charge < -0.3 is 9.80 Å². The molecule has 0 unspecified atom stereocenters. The Hall–Kier alpha value is -1.74. The lowest BCUT2D eigenvalue weighted by molar-refractivity contribution is 1.13. The molecule has 0 spiro atoms. The number of hydrogen-bond acceptors (Lipinski definition) is 2. The van der Waals surface area contributed by atoms with Crippen molar-refractivity contribution in [3.63, 3.8) is 0 Å². The highest BCUT2D eigenvalue weighted by molar-refractivity contribution is 9.11. The number of allylic oxidation sites excluding steroid dienone is 1. The van der Waals surface area contributed by atoms with Crippen LogP contribution in [-0.2, 0) is 0 Å². The van der Waals surface area contributed by atoms with Crippen molar-refractivity contribution in [3.8, 4) is 0 Å². The van der Waals surface area contributed by atoms with Gasteiger partial charge in [0.05, 0.1) is 0 Å². The van der Waals surface area contributed by atoms with E-state index < -0.39 is 0 Å². The van der Waals surface area contributed by atoms with Crippen LogP contribution in [0.3, 0.4) is 0 Å². The van der Waals surface area contributed by atoms with Crippen molar-refractivity contribution in [2.45, 2.75) is 6.92 Å². The highest BCUT2D eigenvalue weighted by Crippen LogP contribution is 2.31. The van der Waals surface area contributed by atoms with E-state index in [4.69, 9.17) is 0 Å². The molecule has 0 aliphatic heterocycles. The minimum absolute atomic E-state index is 1.14. The number of nitrogens with zero attached hydrogens (tertiary/aromatic N) is 2. The Labute approximate surface area is 142 Å². The number of benzene rings is 2. The zero-order valence-electron chi connectivity index (χ0n) is 13.9. The fraction of sp³-hybridized carbons (Fsp3) is 0.263. The maximum absolute atomic E-state index is 3.67. The lowest BCUT2D eigenvalue weighted by Crippen LogP contribution is -2.08. The van der Waals surface area contributed by atoms with Crippen molar-refractivity contribution in [3.05, 3.63) is 64.1 Å². The van der Waals surface area contributed by atoms with Crippen molar-refractivity contribution in [2.75, 3.05) is 38.0 Å². The third kappa shape index (κ3) is 3.72. The monoisotopic (exact) mass is 358 g/mol. The van der Waals surface area contributed by atoms with Crippen molar-refractivity contribution >= 4 is 32.9 Å². The third-order valence-corrected chi connectivity index (χ3v) is 4.09. The van der Waals surface area contributed by atoms with Crippen LogP contribution < -0.4 is 9.80 Å². The highest BCUT2D eigenvalue weighted by Gasteiger charge is 2.09. The van der Waals surface area contributed by atoms with E-state index in [0.717, 1.165) is 4.48 Å². The zero-order chi connectivity index (χ0) is 16.3. The molecule has 116 valence electrons. The quantitative estimate of drug-likeness (QED) is 0.759. The van der Waals surface area contributed by atoms with E-state index in [1.165, 1.54) is 28.1 Å². The molecule has 0 saturated carbocycles. The Morgan fingerprint density at radius 3 is 1.23 bits per heavy atom. The summed E-state index contributed by atoms with van der Waals surface area (Å²) in [4.78, 5) is 4.22. The Bertz CT molecular complexity index is 595. The molecule has 0 amide bonds. The van der Waals surface area contributed by atoms with E-state index in [0.29, 0.717) is 0 Å². The van der Waals surface area contributed by atoms with Crippen LogP contribution in [0.1, 0.15) is 18.1 Å². The molecule has 0 saturated heterocycles. The maximum Gasteiger partial charge on any atom is 0.0361 e. The summed E-state index contributed by atoms with van der Waals surface area (Å²) in [5.41, 5.74) is 6.09. The summed E-state index contributed by atoms with van der Waals surface area (Å²) in [6.07, 6.45) is 0. The van der Waals surface area contributed by atoms with E-state index >= 15 is 0 Å². The van der Waals surface area contributed by atoms with Gasteiger partial charge in [-0.25, -0.2) is 0 Å². The van der Waals surface area contributed by atoms with Gasteiger partial charge in [0, 0.05) is 44.0 Å². The molecule has 0 atom stereocenters. The third-order valence-electron chi connectivity index (χ3n) is 3.69. The molecule has 0 heterocycles. The van der Waals surface area contributed by atoms with Gasteiger partial charge in [-0.2, -0.15) is 0 Å². The van der Waals surface area contributed by atoms with Crippen LogP contribution in [0.4, 0.5) is 11.4 Å². The smallest absolute Gasteiger partial charge is 0.0361 e. The van der Waals surface area contributed by atoms with Crippen molar-refractivity contribution in [1.82, 2.24) is 0 Å². The molecule has 2 nitrogen and oxygen atoms in total. The summed E-state index contributed by atoms with van der Waals surface area (Å²) < 4.78 is 1.14. The van der Waals surface area contributed by atoms with Gasteiger partial charge in [0.2, 0.25) is 0 Å². The van der Waals surface area contributed by atoms with E-state index in [-0.39, 0.29) is 0 Å². The summed E-state index contributed by atoms with van der Waals surface area (Å²) in [6.45, 7) is 2.09. The van der Waals surface area contributed by atoms with Gasteiger partial charge in [0.25, 0.3) is 0 Å². The normalized spacial score (nSPS) is 10.3. The standard InChI is InChI=1S/C19H23BrN2/c1-14(20)19(15-6-10-17(11-7-15)21(2)3)16-8-12-18(13-9-16)22(4)5/h6-13H,1-5H3. The topological polar surface area (TPSA) is 6.48 Å². The van der Waals surface area contributed by atoms with Gasteiger partial charge in [-0.3, -0.25) is 0 Å². The molecule has 0 fully saturated rings. The van der Waals surface area contributed by atoms with E-state index in [9.17, 15) is 0 Å². The summed E-state index contributed by atoms with van der Waals surface area (Å²) in [7, 11) is 8.23. The average molecular weight is 359 g/mol. The average Bonchev–Trinajstić information content (AvgIpc) is 2.48. The lowest BCUT2D eigenvalue weighted by Gasteiger charge is -2.16. The van der Waals surface area contributed by atoms with Gasteiger partial charge in [-0.15, -0.1) is 0 Å². The molecule has 3 heteroatoms. The molecule has 0 aromatic heterocycles. The maximum atomic E-state index is 3.67. The van der Waals surface area contributed by atoms with Gasteiger partial charge >= 0.3 is 0 Å². The Morgan fingerprint density at radius 2 is 1.00 bits per heavy atom. The summed E-state index contributed by atoms with van der Waals surface area (Å²) in [5.74, 6) is 0. The second-order valence-electron chi connectivity index (χ2n) is 5.79. The van der Waals surface area contributed by atoms with Crippen molar-refractivity contribution in [1.29, 1.82) is 0 Å². The largest absolute Gasteiger partial charge is 0.378 e. The van der Waals surface area contributed by atoms with E-state index in [2.05, 4.69) is 109 Å². The number of rotatable bonds is 4. The first-order chi connectivity index (χ1) is 10.4. The zero-order valence-corrected chi connectivity index (χ0v) is 15.5. The van der Waals surface area contributed by atoms with Crippen LogP contribution in [0, 0.1) is 0 Å². The van der Waals surface area contributed by atoms with Crippen LogP contribution >= 0.6 is 15.9 Å². The predicted molar refractivity (Wildman–Crippen MR) is 102 cm³/mol. The van der Waals surface area contributed by atoms with E-state index in [1.54, 1.807) is 0 Å². The Morgan fingerprint density at radius 1 is 0.682 bits per heavy atom. The molecule has 0 bridgehead atoms. The minimum atomic E-state index is 1.14. The molecule has 0 aliphatic rings. The minimum Gasteiger partial charge on any atom is -0.378 e. The number of hydrogen-bond donors (Lipinski definition) is 0. The molecule has 2 aromatic rings. The molecule has 0 aliphatic carbocycles. The summed E-state index contributed by atoms with van der Waals surface area (Å²) in [6, 6.07) is 17.3. The molecule has 0 N–H and O–H groups in total. The number of anilines is 2. The Kier molecular flexibility index (Phi) is 5.30. The second kappa shape index (κ2) is 7.01. The van der Waals surface area contributed by atoms with Gasteiger partial charge in [0.1, 0.15) is 0 Å². The lowest BCUT2D eigenvalue weighted by atomic mass is 9.97. The first kappa shape index (κ1) is 16.6. The van der Waals surface area contributed by atoms with Crippen LogP contribution in [0.2, 0.25) is 0 Å². The summed E-state index contributed by atoms with van der Waals surface area (Å²) >= 11 is 3.67. The van der Waals surface area contributed by atoms with Crippen LogP contribution in [0.25, 0.3) is 5.57 Å².